The smallest absolute Gasteiger partial charge is 0.310 e. The van der Waals surface area contributed by atoms with E-state index in [0.29, 0.717) is 39.9 Å². The van der Waals surface area contributed by atoms with Crippen LogP contribution >= 0.6 is 11.6 Å². The van der Waals surface area contributed by atoms with Gasteiger partial charge in [-0.2, -0.15) is 0 Å². The highest BCUT2D eigenvalue weighted by Crippen LogP contribution is 2.34. The highest BCUT2D eigenvalue weighted by atomic mass is 35.5. The van der Waals surface area contributed by atoms with Gasteiger partial charge in [0.1, 0.15) is 5.52 Å². The Morgan fingerprint density at radius 2 is 1.79 bits per heavy atom. The van der Waals surface area contributed by atoms with Gasteiger partial charge in [0.05, 0.1) is 24.9 Å². The molecule has 3 aromatic rings. The quantitative estimate of drug-likeness (QED) is 0.412. The Labute approximate surface area is 168 Å². The van der Waals surface area contributed by atoms with E-state index in [-0.39, 0.29) is 5.97 Å². The first-order chi connectivity index (χ1) is 13.5. The van der Waals surface area contributed by atoms with Gasteiger partial charge in [-0.1, -0.05) is 42.8 Å². The number of carbonyl (C=O) groups is 1. The molecule has 5 nitrogen and oxygen atoms in total. The minimum atomic E-state index is -0.299. The molecule has 0 aliphatic carbocycles. The van der Waals surface area contributed by atoms with Gasteiger partial charge in [-0.05, 0) is 29.8 Å². The van der Waals surface area contributed by atoms with Crippen molar-refractivity contribution >= 4 is 40.6 Å². The molecule has 0 fully saturated rings. The largest absolute Gasteiger partial charge is 0.493 e. The van der Waals surface area contributed by atoms with Crippen molar-refractivity contribution in [1.82, 2.24) is 4.98 Å². The first-order valence-corrected chi connectivity index (χ1v) is 9.13. The summed E-state index contributed by atoms with van der Waals surface area (Å²) in [5.74, 6) is 1.30. The van der Waals surface area contributed by atoms with Gasteiger partial charge in [0.25, 0.3) is 0 Å². The molecule has 0 saturated carbocycles. The Kier molecular flexibility index (Phi) is 6.16. The number of ether oxygens (including phenoxy) is 3. The summed E-state index contributed by atoms with van der Waals surface area (Å²) in [6, 6.07) is 12.8. The van der Waals surface area contributed by atoms with Gasteiger partial charge in [0.15, 0.2) is 17.2 Å². The number of hydrogen-bond acceptors (Lipinski definition) is 5. The fourth-order valence-electron chi connectivity index (χ4n) is 2.68. The maximum atomic E-state index is 11.7. The number of rotatable bonds is 6. The van der Waals surface area contributed by atoms with Crippen LogP contribution in [0.25, 0.3) is 23.1 Å². The molecule has 3 rings (SSSR count). The van der Waals surface area contributed by atoms with Crippen LogP contribution < -0.4 is 14.2 Å². The molecule has 0 aliphatic rings. The zero-order valence-corrected chi connectivity index (χ0v) is 16.6. The number of hydrogen-bond donors (Lipinski definition) is 0. The Balaban J connectivity index is 1.96. The molecule has 0 N–H and O–H groups in total. The SMILES string of the molecule is CCC(=O)Oc1cccc2ccc(C=Cc3cc(OC)c(OC)cc3Cl)nc12. The molecule has 28 heavy (non-hydrogen) atoms. The third-order valence-electron chi connectivity index (χ3n) is 4.15. The maximum absolute atomic E-state index is 11.7. The van der Waals surface area contributed by atoms with Crippen LogP contribution in [-0.4, -0.2) is 25.2 Å². The van der Waals surface area contributed by atoms with Crippen LogP contribution in [0.1, 0.15) is 24.6 Å². The first-order valence-electron chi connectivity index (χ1n) is 8.75. The second-order valence-electron chi connectivity index (χ2n) is 5.95. The fraction of sp³-hybridized carbons (Fsp3) is 0.182. The number of fused-ring (bicyclic) bond motifs is 1. The minimum absolute atomic E-state index is 0.299. The highest BCUT2D eigenvalue weighted by Gasteiger charge is 2.10. The predicted molar refractivity (Wildman–Crippen MR) is 111 cm³/mol. The van der Waals surface area contributed by atoms with Crippen LogP contribution in [0.5, 0.6) is 17.2 Å². The Bertz CT molecular complexity index is 1050. The number of benzene rings is 2. The molecular formula is C22H20ClNO4. The fourth-order valence-corrected chi connectivity index (χ4v) is 2.89. The summed E-state index contributed by atoms with van der Waals surface area (Å²) in [6.45, 7) is 1.75. The molecule has 6 heteroatoms. The lowest BCUT2D eigenvalue weighted by Crippen LogP contribution is -2.06. The van der Waals surface area contributed by atoms with Crippen molar-refractivity contribution in [2.45, 2.75) is 13.3 Å². The first kappa shape index (κ1) is 19.7. The van der Waals surface area contributed by atoms with Crippen molar-refractivity contribution in [2.75, 3.05) is 14.2 Å². The van der Waals surface area contributed by atoms with E-state index in [2.05, 4.69) is 4.98 Å². The lowest BCUT2D eigenvalue weighted by atomic mass is 10.1. The van der Waals surface area contributed by atoms with Crippen molar-refractivity contribution in [3.8, 4) is 17.2 Å². The molecule has 0 atom stereocenters. The standard InChI is InChI=1S/C22H20ClNO4/c1-4-21(25)28-18-7-5-6-14-8-10-16(24-22(14)18)11-9-15-12-19(26-2)20(27-3)13-17(15)23/h5-13H,4H2,1-3H3. The lowest BCUT2D eigenvalue weighted by Gasteiger charge is -2.09. The molecular weight excluding hydrogens is 378 g/mol. The molecule has 2 aromatic carbocycles. The number of para-hydroxylation sites is 1. The van der Waals surface area contributed by atoms with E-state index in [0.717, 1.165) is 10.9 Å². The van der Waals surface area contributed by atoms with Gasteiger partial charge < -0.3 is 14.2 Å². The van der Waals surface area contributed by atoms with E-state index in [9.17, 15) is 4.79 Å². The molecule has 0 spiro atoms. The van der Waals surface area contributed by atoms with Crippen molar-refractivity contribution in [3.63, 3.8) is 0 Å². The zero-order valence-electron chi connectivity index (χ0n) is 15.9. The van der Waals surface area contributed by atoms with Crippen molar-refractivity contribution in [1.29, 1.82) is 0 Å². The summed E-state index contributed by atoms with van der Waals surface area (Å²) in [5, 5.41) is 1.43. The predicted octanol–water partition coefficient (Wildman–Crippen LogP) is 5.39. The zero-order chi connectivity index (χ0) is 20.1. The lowest BCUT2D eigenvalue weighted by molar-refractivity contribution is -0.133. The van der Waals surface area contributed by atoms with Crippen LogP contribution in [0.15, 0.2) is 42.5 Å². The van der Waals surface area contributed by atoms with Crippen LogP contribution in [0, 0.1) is 0 Å². The van der Waals surface area contributed by atoms with Gasteiger partial charge in [0, 0.05) is 17.9 Å². The second kappa shape index (κ2) is 8.76. The molecule has 0 unspecified atom stereocenters. The van der Waals surface area contributed by atoms with Crippen molar-refractivity contribution in [3.05, 3.63) is 58.7 Å². The average molecular weight is 398 g/mol. The highest BCUT2D eigenvalue weighted by molar-refractivity contribution is 6.32. The van der Waals surface area contributed by atoms with Crippen LogP contribution in [0.3, 0.4) is 0 Å². The van der Waals surface area contributed by atoms with Crippen molar-refractivity contribution < 1.29 is 19.0 Å². The van der Waals surface area contributed by atoms with Crippen molar-refractivity contribution in [2.24, 2.45) is 0 Å². The minimum Gasteiger partial charge on any atom is -0.493 e. The monoisotopic (exact) mass is 397 g/mol. The average Bonchev–Trinajstić information content (AvgIpc) is 2.72. The van der Waals surface area contributed by atoms with Gasteiger partial charge in [-0.25, -0.2) is 4.98 Å². The summed E-state index contributed by atoms with van der Waals surface area (Å²) in [4.78, 5) is 16.3. The topological polar surface area (TPSA) is 57.7 Å². The number of methoxy groups -OCH3 is 2. The van der Waals surface area contributed by atoms with Gasteiger partial charge in [-0.15, -0.1) is 0 Å². The third-order valence-corrected chi connectivity index (χ3v) is 4.48. The molecule has 1 heterocycles. The Morgan fingerprint density at radius 3 is 2.50 bits per heavy atom. The molecule has 0 amide bonds. The second-order valence-corrected chi connectivity index (χ2v) is 6.36. The van der Waals surface area contributed by atoms with E-state index in [1.165, 1.54) is 0 Å². The number of carbonyl (C=O) groups excluding carboxylic acids is 1. The van der Waals surface area contributed by atoms with E-state index < -0.39 is 0 Å². The third kappa shape index (κ3) is 4.26. The number of halogens is 1. The van der Waals surface area contributed by atoms with E-state index >= 15 is 0 Å². The summed E-state index contributed by atoms with van der Waals surface area (Å²) in [5.41, 5.74) is 2.11. The molecule has 0 saturated heterocycles. The van der Waals surface area contributed by atoms with Crippen LogP contribution in [0.2, 0.25) is 5.02 Å². The number of aromatic nitrogens is 1. The summed E-state index contributed by atoms with van der Waals surface area (Å²) in [6.07, 6.45) is 3.98. The van der Waals surface area contributed by atoms with Gasteiger partial charge in [0.2, 0.25) is 0 Å². The van der Waals surface area contributed by atoms with E-state index in [4.69, 9.17) is 25.8 Å². The Hall–Kier alpha value is -3.05. The number of nitrogens with zero attached hydrogens (tertiary/aromatic N) is 1. The van der Waals surface area contributed by atoms with E-state index in [1.807, 2.05) is 36.4 Å². The number of pyridine rings is 1. The maximum Gasteiger partial charge on any atom is 0.310 e. The summed E-state index contributed by atoms with van der Waals surface area (Å²) in [7, 11) is 3.13. The van der Waals surface area contributed by atoms with E-state index in [1.54, 1.807) is 39.3 Å². The normalized spacial score (nSPS) is 11.0. The van der Waals surface area contributed by atoms with Crippen LogP contribution in [0.4, 0.5) is 0 Å². The molecule has 144 valence electrons. The molecule has 0 bridgehead atoms. The van der Waals surface area contributed by atoms with Crippen LogP contribution in [-0.2, 0) is 4.79 Å². The summed E-state index contributed by atoms with van der Waals surface area (Å²) < 4.78 is 16.0. The molecule has 0 aliphatic heterocycles. The Morgan fingerprint density at radius 1 is 1.04 bits per heavy atom. The summed E-state index contributed by atoms with van der Waals surface area (Å²) >= 11 is 6.33. The van der Waals surface area contributed by atoms with Gasteiger partial charge in [-0.3, -0.25) is 4.79 Å². The van der Waals surface area contributed by atoms with Gasteiger partial charge >= 0.3 is 5.97 Å². The number of esters is 1. The molecule has 1 aromatic heterocycles. The molecule has 0 radical (unpaired) electrons.